The lowest BCUT2D eigenvalue weighted by Gasteiger charge is -2.60. The van der Waals surface area contributed by atoms with Gasteiger partial charge in [-0.2, -0.15) is 0 Å². The summed E-state index contributed by atoms with van der Waals surface area (Å²) in [6.45, 7) is 7.21. The van der Waals surface area contributed by atoms with Crippen molar-refractivity contribution in [2.45, 2.75) is 121 Å². The van der Waals surface area contributed by atoms with Crippen LogP contribution >= 0.6 is 0 Å². The molecule has 2 fully saturated rings. The smallest absolute Gasteiger partial charge is 0.239 e. The third-order valence-corrected chi connectivity index (χ3v) is 12.6. The molecule has 2 aromatic carbocycles. The Hall–Kier alpha value is -3.73. The second-order valence-electron chi connectivity index (χ2n) is 16.1. The molecule has 2 aromatic rings. The number of aliphatic hydroxyl groups is 2. The number of carbonyl (C=O) groups excluding carboxylic acids is 1. The Labute approximate surface area is 332 Å². The summed E-state index contributed by atoms with van der Waals surface area (Å²) in [6.07, 6.45) is 16.2. The first kappa shape index (κ1) is 41.9. The normalized spacial score (nSPS) is 26.2. The Morgan fingerprint density at radius 1 is 1.07 bits per heavy atom. The second-order valence-corrected chi connectivity index (χ2v) is 16.1. The molecule has 1 heterocycles. The van der Waals surface area contributed by atoms with Crippen molar-refractivity contribution in [2.75, 3.05) is 33.5 Å². The minimum atomic E-state index is -1.27. The lowest BCUT2D eigenvalue weighted by atomic mass is 9.55. The van der Waals surface area contributed by atoms with Crippen LogP contribution in [0.5, 0.6) is 11.5 Å². The maximum Gasteiger partial charge on any atom is 0.239 e. The van der Waals surface area contributed by atoms with Crippen LogP contribution < -0.4 is 9.47 Å². The molecule has 2 N–H and O–H groups in total. The van der Waals surface area contributed by atoms with Gasteiger partial charge in [0.15, 0.2) is 0 Å². The van der Waals surface area contributed by atoms with Gasteiger partial charge in [0, 0.05) is 49.6 Å². The first-order valence-corrected chi connectivity index (χ1v) is 21.2. The number of allylic oxidation sites excluding steroid dienone is 1. The van der Waals surface area contributed by atoms with Crippen molar-refractivity contribution in [3.05, 3.63) is 83.7 Å². The first-order chi connectivity index (χ1) is 27.4. The number of hydrogen-bond acceptors (Lipinski definition) is 8. The molecule has 0 bridgehead atoms. The summed E-state index contributed by atoms with van der Waals surface area (Å²) >= 11 is 0. The number of halogens is 1. The summed E-state index contributed by atoms with van der Waals surface area (Å²) in [6, 6.07) is 12.0. The van der Waals surface area contributed by atoms with Crippen molar-refractivity contribution in [1.82, 2.24) is 4.90 Å². The van der Waals surface area contributed by atoms with Gasteiger partial charge in [-0.05, 0) is 86.1 Å². The summed E-state index contributed by atoms with van der Waals surface area (Å²) < 4.78 is 35.3. The summed E-state index contributed by atoms with van der Waals surface area (Å²) in [7, 11) is 1.57. The van der Waals surface area contributed by atoms with Crippen molar-refractivity contribution in [1.29, 1.82) is 0 Å². The maximum atomic E-state index is 14.7. The van der Waals surface area contributed by atoms with Crippen LogP contribution in [0.15, 0.2) is 71.9 Å². The highest BCUT2D eigenvalue weighted by molar-refractivity contribution is 6.03. The Bertz CT molecular complexity index is 1670. The molecule has 6 unspecified atom stereocenters. The quantitative estimate of drug-likeness (QED) is 0.0741. The number of hydrogen-bond donors (Lipinski definition) is 2. The first-order valence-electron chi connectivity index (χ1n) is 21.2. The minimum absolute atomic E-state index is 0.0727. The van der Waals surface area contributed by atoms with Gasteiger partial charge in [0.05, 0.1) is 18.2 Å². The predicted octanol–water partition coefficient (Wildman–Crippen LogP) is 8.88. The molecule has 9 nitrogen and oxygen atoms in total. The van der Waals surface area contributed by atoms with Gasteiger partial charge in [-0.15, -0.1) is 6.58 Å². The fourth-order valence-corrected chi connectivity index (χ4v) is 10.1. The van der Waals surface area contributed by atoms with E-state index in [2.05, 4.69) is 24.7 Å². The fraction of sp³-hybridized carbons (Fsp3) is 0.609. The number of ether oxygens (including phenoxy) is 3. The van der Waals surface area contributed by atoms with Crippen LogP contribution in [0.1, 0.15) is 114 Å². The zero-order valence-corrected chi connectivity index (χ0v) is 33.5. The van der Waals surface area contributed by atoms with Crippen molar-refractivity contribution in [2.24, 2.45) is 28.8 Å². The highest BCUT2D eigenvalue weighted by atomic mass is 19.1. The number of aliphatic hydroxyl groups excluding tert-OH is 2. The molecule has 6 atom stereocenters. The van der Waals surface area contributed by atoms with Crippen molar-refractivity contribution >= 4 is 11.6 Å². The highest BCUT2D eigenvalue weighted by Gasteiger charge is 2.65. The minimum Gasteiger partial charge on any atom is -0.489 e. The molecule has 306 valence electrons. The van der Waals surface area contributed by atoms with Crippen LogP contribution in [0, 0.1) is 29.5 Å². The van der Waals surface area contributed by atoms with E-state index in [4.69, 9.17) is 19.0 Å². The van der Waals surface area contributed by atoms with Crippen LogP contribution in [0.3, 0.4) is 0 Å². The van der Waals surface area contributed by atoms with E-state index in [1.54, 1.807) is 31.4 Å². The van der Waals surface area contributed by atoms with E-state index in [0.717, 1.165) is 55.4 Å². The predicted molar refractivity (Wildman–Crippen MR) is 216 cm³/mol. The van der Waals surface area contributed by atoms with E-state index in [-0.39, 0.29) is 61.8 Å². The van der Waals surface area contributed by atoms with E-state index in [0.29, 0.717) is 55.2 Å². The monoisotopic (exact) mass is 774 g/mol. The summed E-state index contributed by atoms with van der Waals surface area (Å²) in [5, 5.41) is 24.4. The molecule has 3 aliphatic carbocycles. The van der Waals surface area contributed by atoms with Gasteiger partial charge in [0.2, 0.25) is 11.7 Å². The number of benzene rings is 2. The Morgan fingerprint density at radius 3 is 2.55 bits per heavy atom. The van der Waals surface area contributed by atoms with Crippen molar-refractivity contribution < 1.29 is 38.4 Å². The number of fused-ring (bicyclic) bond motifs is 2. The molecule has 0 saturated heterocycles. The highest BCUT2D eigenvalue weighted by Crippen LogP contribution is 2.62. The molecule has 0 aromatic heterocycles. The van der Waals surface area contributed by atoms with Crippen molar-refractivity contribution in [3.8, 4) is 11.5 Å². The summed E-state index contributed by atoms with van der Waals surface area (Å²) in [4.78, 5) is 22.1. The Balaban J connectivity index is 1.51. The average Bonchev–Trinajstić information content (AvgIpc) is 3.74. The summed E-state index contributed by atoms with van der Waals surface area (Å²) in [5.41, 5.74) is 3.23. The van der Waals surface area contributed by atoms with Crippen LogP contribution in [0.2, 0.25) is 0 Å². The Kier molecular flexibility index (Phi) is 15.0. The lowest BCUT2D eigenvalue weighted by Crippen LogP contribution is -2.70. The molecule has 2 saturated carbocycles. The van der Waals surface area contributed by atoms with Crippen LogP contribution in [-0.2, 0) is 21.0 Å². The topological polar surface area (TPSA) is 110 Å². The van der Waals surface area contributed by atoms with E-state index in [1.807, 2.05) is 23.1 Å². The molecule has 1 aliphatic heterocycles. The number of oxime groups is 1. The van der Waals surface area contributed by atoms with Gasteiger partial charge in [-0.25, -0.2) is 4.39 Å². The average molecular weight is 775 g/mol. The standard InChI is InChI=1S/C46H63FN2O7/c1-4-24-49(43(52)23-20-32-14-6-7-15-32)42-30-40(48-53-3)37-28-33(16-10-12-25-50)36(18-11-13-26-51)44-38-29-35(54-31-34-17-8-9-19-39(34)47)21-22-41(38)56-46(42,45(37)44)55-27-5-2/h5,8-9,17,19,21-22,28-29,32-33,36,42,44-45,50-51H,2,4,6-7,10-16,18,20,23-27,30-31H2,1,3H3. The lowest BCUT2D eigenvalue weighted by molar-refractivity contribution is -0.257. The molecule has 10 heteroatoms. The van der Waals surface area contributed by atoms with Gasteiger partial charge >= 0.3 is 0 Å². The third kappa shape index (κ3) is 9.18. The maximum absolute atomic E-state index is 14.7. The number of unbranched alkanes of at least 4 members (excludes halogenated alkanes) is 2. The second kappa shape index (κ2) is 20.1. The molecule has 0 radical (unpaired) electrons. The van der Waals surface area contributed by atoms with E-state index in [1.165, 1.54) is 31.7 Å². The fourth-order valence-electron chi connectivity index (χ4n) is 10.1. The third-order valence-electron chi connectivity index (χ3n) is 12.6. The number of rotatable bonds is 21. The number of nitrogens with zero attached hydrogens (tertiary/aromatic N) is 2. The molecular weight excluding hydrogens is 712 g/mol. The van der Waals surface area contributed by atoms with Crippen LogP contribution in [0.4, 0.5) is 4.39 Å². The van der Waals surface area contributed by atoms with Crippen molar-refractivity contribution in [3.63, 3.8) is 0 Å². The van der Waals surface area contributed by atoms with Gasteiger partial charge in [0.25, 0.3) is 0 Å². The molecule has 4 aliphatic rings. The number of amides is 1. The summed E-state index contributed by atoms with van der Waals surface area (Å²) in [5.74, 6) is 0.0672. The molecular formula is C46H63FN2O7. The largest absolute Gasteiger partial charge is 0.489 e. The SMILES string of the molecule is C=CCOC12Oc3ccc(OCc4ccccc4F)cc3C3C(CCCCO)C(CCCCO)C=C(C(=NOC)CC1N(CCC)C(=O)CCC1CCCC1)C32. The van der Waals surface area contributed by atoms with Crippen LogP contribution in [0.25, 0.3) is 0 Å². The van der Waals surface area contributed by atoms with E-state index < -0.39 is 11.8 Å². The van der Waals surface area contributed by atoms with Gasteiger partial charge in [-0.3, -0.25) is 4.79 Å². The molecule has 1 amide bonds. The van der Waals surface area contributed by atoms with Gasteiger partial charge in [-0.1, -0.05) is 81.0 Å². The van der Waals surface area contributed by atoms with E-state index in [9.17, 15) is 19.4 Å². The molecule has 56 heavy (non-hydrogen) atoms. The van der Waals surface area contributed by atoms with Gasteiger partial charge < -0.3 is 34.2 Å². The van der Waals surface area contributed by atoms with E-state index >= 15 is 0 Å². The molecule has 0 spiro atoms. The van der Waals surface area contributed by atoms with Gasteiger partial charge in [0.1, 0.15) is 37.1 Å². The Morgan fingerprint density at radius 2 is 1.84 bits per heavy atom. The zero-order valence-electron chi connectivity index (χ0n) is 33.5. The number of carbonyl (C=O) groups is 1. The van der Waals surface area contributed by atoms with Crippen LogP contribution in [-0.4, -0.2) is 72.0 Å². The zero-order chi connectivity index (χ0) is 39.5. The molecule has 6 rings (SSSR count).